The molecule has 1 aromatic heterocycles. The molecule has 9 heteroatoms. The molecule has 3 N–H and O–H groups in total. The van der Waals surface area contributed by atoms with Crippen LogP contribution in [0.1, 0.15) is 11.3 Å². The molecule has 0 saturated carbocycles. The normalized spacial score (nSPS) is 11.9. The van der Waals surface area contributed by atoms with Crippen LogP contribution in [0.4, 0.5) is 5.69 Å². The van der Waals surface area contributed by atoms with Crippen molar-refractivity contribution in [1.82, 2.24) is 15.6 Å². The molecule has 0 fully saturated rings. The van der Waals surface area contributed by atoms with Crippen LogP contribution in [-0.2, 0) is 23.1 Å². The Morgan fingerprint density at radius 2 is 1.72 bits per heavy atom. The number of rotatable bonds is 7. The van der Waals surface area contributed by atoms with Gasteiger partial charge >= 0.3 is 0 Å². The highest BCUT2D eigenvalue weighted by atomic mass is 32.2. The number of oxazole rings is 1. The van der Waals surface area contributed by atoms with Crippen molar-refractivity contribution in [2.24, 2.45) is 4.99 Å². The van der Waals surface area contributed by atoms with Crippen LogP contribution in [0.5, 0.6) is 0 Å². The second-order valence-corrected chi connectivity index (χ2v) is 8.07. The second-order valence-electron chi connectivity index (χ2n) is 6.32. The maximum atomic E-state index is 11.5. The van der Waals surface area contributed by atoms with Crippen molar-refractivity contribution in [3.63, 3.8) is 0 Å². The van der Waals surface area contributed by atoms with E-state index in [-0.39, 0.29) is 0 Å². The summed E-state index contributed by atoms with van der Waals surface area (Å²) in [6, 6.07) is 16.9. The molecule has 0 radical (unpaired) electrons. The molecule has 0 bridgehead atoms. The number of aliphatic imine (C=N–C) groups is 1. The summed E-state index contributed by atoms with van der Waals surface area (Å²) in [5.74, 6) is 1.12. The number of nitrogens with zero attached hydrogens (tertiary/aromatic N) is 2. The smallest absolute Gasteiger partial charge is 0.229 e. The number of hydrogen-bond donors (Lipinski definition) is 3. The first kappa shape index (κ1) is 20.4. The fraction of sp³-hybridized carbons (Fsp3) is 0.200. The van der Waals surface area contributed by atoms with Crippen LogP contribution in [0, 0.1) is 0 Å². The number of benzene rings is 2. The molecule has 2 aromatic carbocycles. The van der Waals surface area contributed by atoms with Gasteiger partial charge in [-0.25, -0.2) is 13.4 Å². The maximum Gasteiger partial charge on any atom is 0.229 e. The van der Waals surface area contributed by atoms with Crippen LogP contribution in [0.25, 0.3) is 11.5 Å². The van der Waals surface area contributed by atoms with E-state index in [1.54, 1.807) is 25.4 Å². The molecular weight excluding hydrogens is 390 g/mol. The predicted octanol–water partition coefficient (Wildman–Crippen LogP) is 2.58. The quantitative estimate of drug-likeness (QED) is 0.406. The fourth-order valence-corrected chi connectivity index (χ4v) is 3.25. The number of sulfonamides is 1. The van der Waals surface area contributed by atoms with Crippen molar-refractivity contribution >= 4 is 21.7 Å². The van der Waals surface area contributed by atoms with Gasteiger partial charge in [-0.3, -0.25) is 9.71 Å². The molecule has 0 atom stereocenters. The first-order valence-electron chi connectivity index (χ1n) is 8.94. The molecule has 0 aliphatic carbocycles. The molecule has 3 rings (SSSR count). The molecule has 8 nitrogen and oxygen atoms in total. The Bertz CT molecular complexity index is 1080. The highest BCUT2D eigenvalue weighted by Crippen LogP contribution is 2.18. The van der Waals surface area contributed by atoms with Gasteiger partial charge in [-0.1, -0.05) is 36.4 Å². The number of para-hydroxylation sites is 1. The van der Waals surface area contributed by atoms with Crippen LogP contribution in [-0.4, -0.2) is 32.7 Å². The SMILES string of the molecule is CN=C(NCc1coc(-c2ccccc2)n1)NCc1ccccc1NS(C)(=O)=O. The lowest BCUT2D eigenvalue weighted by Crippen LogP contribution is -2.36. The van der Waals surface area contributed by atoms with E-state index in [9.17, 15) is 8.42 Å². The molecule has 29 heavy (non-hydrogen) atoms. The zero-order valence-corrected chi connectivity index (χ0v) is 17.0. The molecule has 1 heterocycles. The molecule has 0 amide bonds. The number of guanidine groups is 1. The van der Waals surface area contributed by atoms with Crippen molar-refractivity contribution in [1.29, 1.82) is 0 Å². The van der Waals surface area contributed by atoms with Crippen molar-refractivity contribution in [2.75, 3.05) is 18.0 Å². The van der Waals surface area contributed by atoms with Gasteiger partial charge in [0.2, 0.25) is 15.9 Å². The molecule has 0 spiro atoms. The van der Waals surface area contributed by atoms with Gasteiger partial charge in [0, 0.05) is 19.2 Å². The third-order valence-corrected chi connectivity index (χ3v) is 4.58. The highest BCUT2D eigenvalue weighted by molar-refractivity contribution is 7.92. The Kier molecular flexibility index (Phi) is 6.50. The summed E-state index contributed by atoms with van der Waals surface area (Å²) in [5, 5.41) is 6.33. The second kappa shape index (κ2) is 9.24. The van der Waals surface area contributed by atoms with E-state index in [1.165, 1.54) is 0 Å². The average molecular weight is 414 g/mol. The van der Waals surface area contributed by atoms with Gasteiger partial charge in [0.1, 0.15) is 6.26 Å². The molecule has 0 aliphatic rings. The van der Waals surface area contributed by atoms with E-state index < -0.39 is 10.0 Å². The Hall–Kier alpha value is -3.33. The topological polar surface area (TPSA) is 109 Å². The lowest BCUT2D eigenvalue weighted by molar-refractivity contribution is 0.572. The summed E-state index contributed by atoms with van der Waals surface area (Å²) >= 11 is 0. The first-order valence-corrected chi connectivity index (χ1v) is 10.8. The minimum Gasteiger partial charge on any atom is -0.444 e. The van der Waals surface area contributed by atoms with Crippen molar-refractivity contribution in [3.8, 4) is 11.5 Å². The Morgan fingerprint density at radius 3 is 2.45 bits per heavy atom. The maximum absolute atomic E-state index is 11.5. The van der Waals surface area contributed by atoms with Crippen molar-refractivity contribution < 1.29 is 12.8 Å². The van der Waals surface area contributed by atoms with Gasteiger partial charge < -0.3 is 15.1 Å². The number of anilines is 1. The Balaban J connectivity index is 1.58. The zero-order chi connectivity index (χ0) is 20.7. The van der Waals surface area contributed by atoms with E-state index in [4.69, 9.17) is 4.42 Å². The number of hydrogen-bond acceptors (Lipinski definition) is 5. The minimum atomic E-state index is -3.35. The van der Waals surface area contributed by atoms with Crippen LogP contribution in [0.15, 0.2) is 70.3 Å². The van der Waals surface area contributed by atoms with Gasteiger partial charge in [-0.05, 0) is 23.8 Å². The average Bonchev–Trinajstić information content (AvgIpc) is 3.18. The molecule has 0 aliphatic heterocycles. The van der Waals surface area contributed by atoms with Crippen molar-refractivity contribution in [3.05, 3.63) is 72.1 Å². The van der Waals surface area contributed by atoms with Gasteiger partial charge in [-0.15, -0.1) is 0 Å². The summed E-state index contributed by atoms with van der Waals surface area (Å²) in [6.07, 6.45) is 2.73. The van der Waals surface area contributed by atoms with E-state index >= 15 is 0 Å². The standard InChI is InChI=1S/C20H23N5O3S/c1-21-20(22-12-16-10-6-7-11-18(16)25-29(2,26)27)23-13-17-14-28-19(24-17)15-8-4-3-5-9-15/h3-11,14,25H,12-13H2,1-2H3,(H2,21,22,23). The lowest BCUT2D eigenvalue weighted by Gasteiger charge is -2.14. The summed E-state index contributed by atoms with van der Waals surface area (Å²) in [5.41, 5.74) is 2.98. The fourth-order valence-electron chi connectivity index (χ4n) is 2.65. The number of aromatic nitrogens is 1. The van der Waals surface area contributed by atoms with E-state index in [0.29, 0.717) is 30.6 Å². The van der Waals surface area contributed by atoms with E-state index in [0.717, 1.165) is 23.1 Å². The van der Waals surface area contributed by atoms with Crippen LogP contribution in [0.3, 0.4) is 0 Å². The van der Waals surface area contributed by atoms with Crippen LogP contribution < -0.4 is 15.4 Å². The van der Waals surface area contributed by atoms with Gasteiger partial charge in [0.15, 0.2) is 5.96 Å². The lowest BCUT2D eigenvalue weighted by atomic mass is 10.2. The van der Waals surface area contributed by atoms with Crippen LogP contribution in [0.2, 0.25) is 0 Å². The minimum absolute atomic E-state index is 0.395. The predicted molar refractivity (Wildman–Crippen MR) is 114 cm³/mol. The monoisotopic (exact) mass is 413 g/mol. The summed E-state index contributed by atoms with van der Waals surface area (Å²) in [4.78, 5) is 8.66. The molecular formula is C20H23N5O3S. The summed E-state index contributed by atoms with van der Waals surface area (Å²) in [6.45, 7) is 0.825. The van der Waals surface area contributed by atoms with Crippen LogP contribution >= 0.6 is 0 Å². The van der Waals surface area contributed by atoms with E-state index in [2.05, 4.69) is 25.3 Å². The third-order valence-electron chi connectivity index (χ3n) is 3.99. The van der Waals surface area contributed by atoms with Gasteiger partial charge in [-0.2, -0.15) is 0 Å². The molecule has 3 aromatic rings. The first-order chi connectivity index (χ1) is 13.9. The van der Waals surface area contributed by atoms with Crippen molar-refractivity contribution in [2.45, 2.75) is 13.1 Å². The summed E-state index contributed by atoms with van der Waals surface area (Å²) in [7, 11) is -1.69. The molecule has 152 valence electrons. The Labute approximate surface area is 170 Å². The van der Waals surface area contributed by atoms with Gasteiger partial charge in [0.25, 0.3) is 0 Å². The van der Waals surface area contributed by atoms with Gasteiger partial charge in [0.05, 0.1) is 24.2 Å². The molecule has 0 unspecified atom stereocenters. The van der Waals surface area contributed by atoms with E-state index in [1.807, 2.05) is 42.5 Å². The zero-order valence-electron chi connectivity index (χ0n) is 16.2. The summed E-state index contributed by atoms with van der Waals surface area (Å²) < 4.78 is 31.1. The highest BCUT2D eigenvalue weighted by Gasteiger charge is 2.09. The Morgan fingerprint density at radius 1 is 1.03 bits per heavy atom. The molecule has 0 saturated heterocycles. The third kappa shape index (κ3) is 6.08. The largest absolute Gasteiger partial charge is 0.444 e. The number of nitrogens with one attached hydrogen (secondary N) is 3.